The van der Waals surface area contributed by atoms with Gasteiger partial charge in [-0.25, -0.2) is 4.79 Å². The number of hydrogen-bond acceptors (Lipinski definition) is 3. The summed E-state index contributed by atoms with van der Waals surface area (Å²) in [5.74, 6) is 0. The highest BCUT2D eigenvalue weighted by Gasteiger charge is 2.25. The molecule has 1 aliphatic rings. The predicted molar refractivity (Wildman–Crippen MR) is 84.5 cm³/mol. The molecule has 2 N–H and O–H groups in total. The van der Waals surface area contributed by atoms with Gasteiger partial charge in [0.25, 0.3) is 0 Å². The minimum absolute atomic E-state index is 0.00597. The van der Waals surface area contributed by atoms with Crippen LogP contribution in [0.5, 0.6) is 0 Å². The number of aromatic nitrogens is 2. The van der Waals surface area contributed by atoms with Crippen LogP contribution in [0.25, 0.3) is 0 Å². The zero-order chi connectivity index (χ0) is 15.2. The number of unbranched alkanes of at least 4 members (excludes halogenated alkanes) is 1. The van der Waals surface area contributed by atoms with E-state index >= 15 is 0 Å². The zero-order valence-corrected chi connectivity index (χ0v) is 13.4. The van der Waals surface area contributed by atoms with Gasteiger partial charge in [-0.05, 0) is 39.3 Å². The van der Waals surface area contributed by atoms with E-state index in [4.69, 9.17) is 0 Å². The lowest BCUT2D eigenvalue weighted by molar-refractivity contribution is 0.169. The number of rotatable bonds is 5. The molecule has 2 heterocycles. The van der Waals surface area contributed by atoms with Gasteiger partial charge in [0.2, 0.25) is 0 Å². The lowest BCUT2D eigenvalue weighted by atomic mass is 10.0. The summed E-state index contributed by atoms with van der Waals surface area (Å²) in [5.41, 5.74) is 1.66. The molecule has 0 radical (unpaired) electrons. The first-order chi connectivity index (χ1) is 10.1. The average molecular weight is 293 g/mol. The van der Waals surface area contributed by atoms with E-state index < -0.39 is 0 Å². The number of piperidine rings is 1. The second-order valence-electron chi connectivity index (χ2n) is 5.76. The van der Waals surface area contributed by atoms with Crippen LogP contribution >= 0.6 is 0 Å². The summed E-state index contributed by atoms with van der Waals surface area (Å²) in [5, 5.41) is 10.6. The van der Waals surface area contributed by atoms with Crippen molar-refractivity contribution in [1.82, 2.24) is 20.0 Å². The van der Waals surface area contributed by atoms with E-state index in [0.717, 1.165) is 56.7 Å². The highest BCUT2D eigenvalue weighted by Crippen LogP contribution is 2.17. The number of carbonyl (C=O) groups excluding carboxylic acids is 1. The van der Waals surface area contributed by atoms with Crippen LogP contribution < -0.4 is 10.6 Å². The van der Waals surface area contributed by atoms with E-state index in [1.165, 1.54) is 0 Å². The van der Waals surface area contributed by atoms with Gasteiger partial charge >= 0.3 is 6.03 Å². The highest BCUT2D eigenvalue weighted by atomic mass is 16.2. The molecule has 1 fully saturated rings. The zero-order valence-electron chi connectivity index (χ0n) is 13.4. The predicted octanol–water partition coefficient (Wildman–Crippen LogP) is 2.11. The summed E-state index contributed by atoms with van der Waals surface area (Å²) in [6.45, 7) is 6.88. The molecular formula is C15H27N5O. The normalized spacial score (nSPS) is 16.0. The van der Waals surface area contributed by atoms with Crippen molar-refractivity contribution in [2.75, 3.05) is 25.0 Å². The van der Waals surface area contributed by atoms with Crippen LogP contribution in [-0.2, 0) is 7.05 Å². The number of aryl methyl sites for hydroxylation is 2. The Hall–Kier alpha value is -1.56. The molecule has 0 aliphatic carbocycles. The largest absolute Gasteiger partial charge is 0.322 e. The van der Waals surface area contributed by atoms with Gasteiger partial charge in [0.1, 0.15) is 0 Å². The van der Waals surface area contributed by atoms with Crippen molar-refractivity contribution in [2.45, 2.75) is 45.6 Å². The van der Waals surface area contributed by atoms with Crippen LogP contribution in [0.15, 0.2) is 6.20 Å². The summed E-state index contributed by atoms with van der Waals surface area (Å²) in [7, 11) is 1.87. The summed E-state index contributed by atoms with van der Waals surface area (Å²) in [4.78, 5) is 14.6. The van der Waals surface area contributed by atoms with E-state index in [-0.39, 0.29) is 6.03 Å². The Morgan fingerprint density at radius 2 is 2.24 bits per heavy atom. The van der Waals surface area contributed by atoms with Crippen molar-refractivity contribution < 1.29 is 4.79 Å². The molecule has 21 heavy (non-hydrogen) atoms. The highest BCUT2D eigenvalue weighted by molar-refractivity contribution is 5.90. The van der Waals surface area contributed by atoms with Crippen molar-refractivity contribution in [1.29, 1.82) is 0 Å². The van der Waals surface area contributed by atoms with E-state index in [9.17, 15) is 4.79 Å². The fraction of sp³-hybridized carbons (Fsp3) is 0.733. The first kappa shape index (κ1) is 15.8. The Morgan fingerprint density at radius 3 is 2.81 bits per heavy atom. The Labute approximate surface area is 126 Å². The molecule has 1 aromatic heterocycles. The molecule has 0 aromatic carbocycles. The van der Waals surface area contributed by atoms with Gasteiger partial charge in [0, 0.05) is 25.8 Å². The summed E-state index contributed by atoms with van der Waals surface area (Å²) >= 11 is 0. The fourth-order valence-electron chi connectivity index (χ4n) is 2.81. The monoisotopic (exact) mass is 293 g/mol. The molecular weight excluding hydrogens is 266 g/mol. The van der Waals surface area contributed by atoms with Crippen molar-refractivity contribution in [2.24, 2.45) is 7.05 Å². The summed E-state index contributed by atoms with van der Waals surface area (Å²) in [6, 6.07) is 0.348. The van der Waals surface area contributed by atoms with Gasteiger partial charge in [0.05, 0.1) is 11.4 Å². The van der Waals surface area contributed by atoms with Crippen LogP contribution in [0.2, 0.25) is 0 Å². The van der Waals surface area contributed by atoms with Gasteiger partial charge in [0.15, 0.2) is 0 Å². The summed E-state index contributed by atoms with van der Waals surface area (Å²) < 4.78 is 1.73. The third kappa shape index (κ3) is 4.20. The topological polar surface area (TPSA) is 62.2 Å². The van der Waals surface area contributed by atoms with Crippen molar-refractivity contribution >= 4 is 11.7 Å². The first-order valence-corrected chi connectivity index (χ1v) is 7.90. The molecule has 2 amide bonds. The Balaban J connectivity index is 2.04. The lowest BCUT2D eigenvalue weighted by Gasteiger charge is -2.34. The smallest absolute Gasteiger partial charge is 0.321 e. The van der Waals surface area contributed by atoms with Crippen LogP contribution in [0, 0.1) is 6.92 Å². The Morgan fingerprint density at radius 1 is 1.52 bits per heavy atom. The molecule has 0 bridgehead atoms. The van der Waals surface area contributed by atoms with Gasteiger partial charge in [-0.1, -0.05) is 13.3 Å². The molecule has 1 saturated heterocycles. The van der Waals surface area contributed by atoms with Gasteiger partial charge in [-0.3, -0.25) is 4.68 Å². The van der Waals surface area contributed by atoms with Crippen LogP contribution in [0.4, 0.5) is 10.5 Å². The number of nitrogens with zero attached hydrogens (tertiary/aromatic N) is 3. The maximum absolute atomic E-state index is 12.6. The van der Waals surface area contributed by atoms with Crippen molar-refractivity contribution in [3.8, 4) is 0 Å². The van der Waals surface area contributed by atoms with Crippen LogP contribution in [0.1, 0.15) is 38.3 Å². The van der Waals surface area contributed by atoms with Gasteiger partial charge in [-0.2, -0.15) is 5.10 Å². The maximum atomic E-state index is 12.6. The van der Waals surface area contributed by atoms with Crippen molar-refractivity contribution in [3.63, 3.8) is 0 Å². The van der Waals surface area contributed by atoms with Crippen molar-refractivity contribution in [3.05, 3.63) is 11.9 Å². The van der Waals surface area contributed by atoms with E-state index in [2.05, 4.69) is 22.7 Å². The maximum Gasteiger partial charge on any atom is 0.322 e. The number of urea groups is 1. The quantitative estimate of drug-likeness (QED) is 0.874. The van der Waals surface area contributed by atoms with E-state index in [0.29, 0.717) is 6.04 Å². The number of carbonyl (C=O) groups is 1. The average Bonchev–Trinajstić information content (AvgIpc) is 2.78. The second-order valence-corrected chi connectivity index (χ2v) is 5.76. The number of amides is 2. The molecule has 1 aliphatic heterocycles. The van der Waals surface area contributed by atoms with Crippen LogP contribution in [-0.4, -0.2) is 46.4 Å². The molecule has 0 saturated carbocycles. The first-order valence-electron chi connectivity index (χ1n) is 7.90. The summed E-state index contributed by atoms with van der Waals surface area (Å²) in [6.07, 6.45) is 6.06. The van der Waals surface area contributed by atoms with E-state index in [1.807, 2.05) is 25.1 Å². The molecule has 6 nitrogen and oxygen atoms in total. The molecule has 2 rings (SSSR count). The molecule has 118 valence electrons. The second kappa shape index (κ2) is 7.45. The van der Waals surface area contributed by atoms with E-state index in [1.54, 1.807) is 4.68 Å². The minimum atomic E-state index is 0.00597. The lowest BCUT2D eigenvalue weighted by Crippen LogP contribution is -2.48. The van der Waals surface area contributed by atoms with Gasteiger partial charge in [-0.15, -0.1) is 0 Å². The molecule has 0 atom stereocenters. The SMILES string of the molecule is CCCCN(C(=O)Nc1cn(C)nc1C)C1CCNCC1. The number of hydrogen-bond donors (Lipinski definition) is 2. The minimum Gasteiger partial charge on any atom is -0.321 e. The molecule has 0 spiro atoms. The fourth-order valence-corrected chi connectivity index (χ4v) is 2.81. The molecule has 0 unspecified atom stereocenters. The third-order valence-electron chi connectivity index (χ3n) is 4.02. The number of nitrogens with one attached hydrogen (secondary N) is 2. The molecule has 6 heteroatoms. The third-order valence-corrected chi connectivity index (χ3v) is 4.02. The van der Waals surface area contributed by atoms with Crippen LogP contribution in [0.3, 0.4) is 0 Å². The Kier molecular flexibility index (Phi) is 5.61. The Bertz CT molecular complexity index is 465. The molecule has 1 aromatic rings. The number of anilines is 1. The standard InChI is InChI=1S/C15H27N5O/c1-4-5-10-20(13-6-8-16-9-7-13)15(21)17-14-11-19(3)18-12(14)2/h11,13,16H,4-10H2,1-3H3,(H,17,21). The van der Waals surface area contributed by atoms with Gasteiger partial charge < -0.3 is 15.5 Å².